The molecule has 2 rings (SSSR count). The number of benzene rings is 1. The quantitative estimate of drug-likeness (QED) is 0.842. The lowest BCUT2D eigenvalue weighted by atomic mass is 10.2. The van der Waals surface area contributed by atoms with Crippen LogP contribution in [0, 0.1) is 6.92 Å². The Morgan fingerprint density at radius 1 is 1.56 bits per heavy atom. The molecule has 1 amide bonds. The van der Waals surface area contributed by atoms with Crippen molar-refractivity contribution in [2.24, 2.45) is 0 Å². The van der Waals surface area contributed by atoms with Crippen molar-refractivity contribution in [3.8, 4) is 5.88 Å². The molecule has 0 aliphatic heterocycles. The Morgan fingerprint density at radius 2 is 2.38 bits per heavy atom. The molecule has 0 saturated heterocycles. The number of carbonyl (C=O) groups is 1. The predicted molar refractivity (Wildman–Crippen MR) is 58.4 cm³/mol. The first-order chi connectivity index (χ1) is 7.70. The second-order valence-corrected chi connectivity index (χ2v) is 3.41. The first-order valence-electron chi connectivity index (χ1n) is 5.02. The van der Waals surface area contributed by atoms with E-state index in [-0.39, 0.29) is 5.88 Å². The topological polar surface area (TPSA) is 64.4 Å². The minimum absolute atomic E-state index is 0.199. The monoisotopic (exact) mass is 220 g/mol. The number of rotatable bonds is 2. The molecule has 0 atom stereocenters. The number of nitrogens with zero attached hydrogens (tertiary/aromatic N) is 1. The lowest BCUT2D eigenvalue weighted by Gasteiger charge is -2.00. The number of carbonyl (C=O) groups excluding carboxylic acids is 1. The summed E-state index contributed by atoms with van der Waals surface area (Å²) < 4.78 is 10.0. The van der Waals surface area contributed by atoms with E-state index in [9.17, 15) is 4.79 Å². The van der Waals surface area contributed by atoms with Crippen molar-refractivity contribution in [2.45, 2.75) is 13.8 Å². The lowest BCUT2D eigenvalue weighted by molar-refractivity contribution is 0.197. The summed E-state index contributed by atoms with van der Waals surface area (Å²) in [7, 11) is 0. The van der Waals surface area contributed by atoms with Crippen molar-refractivity contribution in [3.63, 3.8) is 0 Å². The minimum Gasteiger partial charge on any atom is -0.387 e. The van der Waals surface area contributed by atoms with E-state index in [1.807, 2.05) is 26.0 Å². The summed E-state index contributed by atoms with van der Waals surface area (Å²) in [6, 6.07) is 5.56. The van der Waals surface area contributed by atoms with Gasteiger partial charge in [0.05, 0.1) is 5.39 Å². The summed E-state index contributed by atoms with van der Waals surface area (Å²) in [6.45, 7) is 4.27. The van der Waals surface area contributed by atoms with Crippen LogP contribution in [0.15, 0.2) is 22.7 Å². The van der Waals surface area contributed by atoms with Crippen LogP contribution in [0.2, 0.25) is 0 Å². The molecule has 0 bridgehead atoms. The van der Waals surface area contributed by atoms with Gasteiger partial charge in [0.2, 0.25) is 0 Å². The Bertz CT molecular complexity index is 519. The van der Waals surface area contributed by atoms with Crippen molar-refractivity contribution in [1.82, 2.24) is 10.5 Å². The molecule has 1 aromatic heterocycles. The van der Waals surface area contributed by atoms with E-state index in [0.717, 1.165) is 5.56 Å². The number of aryl methyl sites for hydroxylation is 1. The van der Waals surface area contributed by atoms with Gasteiger partial charge in [0.15, 0.2) is 5.58 Å². The molecular formula is C11H12N2O3. The van der Waals surface area contributed by atoms with Gasteiger partial charge in [0.1, 0.15) is 0 Å². The summed E-state index contributed by atoms with van der Waals surface area (Å²) in [5.74, 6) is 0.199. The molecule has 16 heavy (non-hydrogen) atoms. The maximum Gasteiger partial charge on any atom is 0.414 e. The van der Waals surface area contributed by atoms with Gasteiger partial charge in [0, 0.05) is 6.54 Å². The molecular weight excluding hydrogens is 208 g/mol. The second kappa shape index (κ2) is 4.22. The number of hydrogen-bond acceptors (Lipinski definition) is 4. The van der Waals surface area contributed by atoms with Gasteiger partial charge in [-0.3, -0.25) is 0 Å². The standard InChI is InChI=1S/C11H12N2O3/c1-3-12-11(14)15-10-8-6-7(2)4-5-9(8)16-13-10/h4-6H,3H2,1-2H3,(H,12,14). The number of fused-ring (bicyclic) bond motifs is 1. The van der Waals surface area contributed by atoms with Gasteiger partial charge >= 0.3 is 6.09 Å². The number of hydrogen-bond donors (Lipinski definition) is 1. The van der Waals surface area contributed by atoms with Crippen molar-refractivity contribution in [1.29, 1.82) is 0 Å². The smallest absolute Gasteiger partial charge is 0.387 e. The van der Waals surface area contributed by atoms with E-state index in [0.29, 0.717) is 17.5 Å². The van der Waals surface area contributed by atoms with Gasteiger partial charge < -0.3 is 14.6 Å². The fraction of sp³-hybridized carbons (Fsp3) is 0.273. The summed E-state index contributed by atoms with van der Waals surface area (Å²) in [5.41, 5.74) is 1.65. The van der Waals surface area contributed by atoms with Gasteiger partial charge in [-0.1, -0.05) is 11.6 Å². The Morgan fingerprint density at radius 3 is 3.12 bits per heavy atom. The highest BCUT2D eigenvalue weighted by molar-refractivity contribution is 5.85. The van der Waals surface area contributed by atoms with E-state index in [2.05, 4.69) is 10.5 Å². The predicted octanol–water partition coefficient (Wildman–Crippen LogP) is 2.24. The molecule has 1 aromatic carbocycles. The normalized spacial score (nSPS) is 10.4. The third kappa shape index (κ3) is 1.98. The van der Waals surface area contributed by atoms with Crippen LogP contribution >= 0.6 is 0 Å². The van der Waals surface area contributed by atoms with Gasteiger partial charge in [-0.2, -0.15) is 0 Å². The van der Waals surface area contributed by atoms with Gasteiger partial charge in [0.25, 0.3) is 5.88 Å². The van der Waals surface area contributed by atoms with Crippen molar-refractivity contribution < 1.29 is 14.1 Å². The van der Waals surface area contributed by atoms with E-state index in [1.165, 1.54) is 0 Å². The number of nitrogens with one attached hydrogen (secondary N) is 1. The number of aromatic nitrogens is 1. The van der Waals surface area contributed by atoms with Gasteiger partial charge in [-0.15, -0.1) is 0 Å². The fourth-order valence-electron chi connectivity index (χ4n) is 1.37. The van der Waals surface area contributed by atoms with Crippen LogP contribution in [0.3, 0.4) is 0 Å². The van der Waals surface area contributed by atoms with Crippen LogP contribution in [0.4, 0.5) is 4.79 Å². The SMILES string of the molecule is CCNC(=O)Oc1noc2ccc(C)cc12. The summed E-state index contributed by atoms with van der Waals surface area (Å²) in [6.07, 6.45) is -0.529. The molecule has 0 aliphatic rings. The van der Waals surface area contributed by atoms with Crippen LogP contribution in [0.25, 0.3) is 11.0 Å². The van der Waals surface area contributed by atoms with Crippen molar-refractivity contribution >= 4 is 17.1 Å². The molecule has 5 nitrogen and oxygen atoms in total. The minimum atomic E-state index is -0.529. The van der Waals surface area contributed by atoms with Crippen LogP contribution in [0.1, 0.15) is 12.5 Å². The maximum absolute atomic E-state index is 11.2. The molecule has 1 heterocycles. The zero-order valence-electron chi connectivity index (χ0n) is 9.11. The van der Waals surface area contributed by atoms with Crippen LogP contribution in [-0.2, 0) is 0 Å². The van der Waals surface area contributed by atoms with Gasteiger partial charge in [-0.25, -0.2) is 4.79 Å². The zero-order valence-corrected chi connectivity index (χ0v) is 9.11. The Labute approximate surface area is 92.4 Å². The van der Waals surface area contributed by atoms with Crippen LogP contribution in [-0.4, -0.2) is 17.8 Å². The first kappa shape index (κ1) is 10.5. The second-order valence-electron chi connectivity index (χ2n) is 3.41. The largest absolute Gasteiger partial charge is 0.414 e. The molecule has 0 aliphatic carbocycles. The summed E-state index contributed by atoms with van der Waals surface area (Å²) >= 11 is 0. The summed E-state index contributed by atoms with van der Waals surface area (Å²) in [5, 5.41) is 6.92. The highest BCUT2D eigenvalue weighted by atomic mass is 16.6. The van der Waals surface area contributed by atoms with E-state index in [1.54, 1.807) is 6.07 Å². The molecule has 0 spiro atoms. The number of amides is 1. The molecule has 0 fully saturated rings. The average molecular weight is 220 g/mol. The molecule has 5 heteroatoms. The van der Waals surface area contributed by atoms with Crippen LogP contribution < -0.4 is 10.1 Å². The fourth-order valence-corrected chi connectivity index (χ4v) is 1.37. The molecule has 2 aromatic rings. The van der Waals surface area contributed by atoms with Crippen LogP contribution in [0.5, 0.6) is 5.88 Å². The highest BCUT2D eigenvalue weighted by Crippen LogP contribution is 2.25. The molecule has 0 saturated carbocycles. The van der Waals surface area contributed by atoms with E-state index >= 15 is 0 Å². The third-order valence-electron chi connectivity index (χ3n) is 2.10. The summed E-state index contributed by atoms with van der Waals surface area (Å²) in [4.78, 5) is 11.2. The van der Waals surface area contributed by atoms with E-state index in [4.69, 9.17) is 9.26 Å². The number of ether oxygens (including phenoxy) is 1. The van der Waals surface area contributed by atoms with Crippen molar-refractivity contribution in [2.75, 3.05) is 6.54 Å². The van der Waals surface area contributed by atoms with Gasteiger partial charge in [-0.05, 0) is 31.1 Å². The molecule has 0 unspecified atom stereocenters. The molecule has 1 N–H and O–H groups in total. The van der Waals surface area contributed by atoms with E-state index < -0.39 is 6.09 Å². The molecule has 84 valence electrons. The van der Waals surface area contributed by atoms with Crippen molar-refractivity contribution in [3.05, 3.63) is 23.8 Å². The first-order valence-corrected chi connectivity index (χ1v) is 5.02. The zero-order chi connectivity index (χ0) is 11.5. The molecule has 0 radical (unpaired) electrons. The maximum atomic E-state index is 11.2. The lowest BCUT2D eigenvalue weighted by Crippen LogP contribution is -2.26. The third-order valence-corrected chi connectivity index (χ3v) is 2.10. The Balaban J connectivity index is 2.30. The average Bonchev–Trinajstić information content (AvgIpc) is 2.61. The highest BCUT2D eigenvalue weighted by Gasteiger charge is 2.12. The Hall–Kier alpha value is -2.04. The Kier molecular flexibility index (Phi) is 2.76.